The largest absolute Gasteiger partial charge is 0.481 e. The van der Waals surface area contributed by atoms with Gasteiger partial charge in [0.15, 0.2) is 23.3 Å². The Morgan fingerprint density at radius 2 is 1.41 bits per heavy atom. The molecule has 0 amide bonds. The number of benzene rings is 1. The normalized spacial score (nSPS) is 15.5. The Morgan fingerprint density at radius 3 is 1.77 bits per heavy atom. The molecule has 1 aromatic rings. The third-order valence-electron chi connectivity index (χ3n) is 3.84. The van der Waals surface area contributed by atoms with Crippen LogP contribution in [0.4, 0.5) is 22.0 Å². The summed E-state index contributed by atoms with van der Waals surface area (Å²) in [7, 11) is 0. The van der Waals surface area contributed by atoms with Crippen LogP contribution in [-0.4, -0.2) is 17.6 Å². The van der Waals surface area contributed by atoms with Crippen LogP contribution in [0.2, 0.25) is 0 Å². The Kier molecular flexibility index (Phi) is 5.87. The second-order valence-corrected chi connectivity index (χ2v) is 5.26. The number of hydrogen-bond donors (Lipinski definition) is 2. The van der Waals surface area contributed by atoms with Crippen molar-refractivity contribution < 1.29 is 31.9 Å². The lowest BCUT2D eigenvalue weighted by atomic mass is 9.82. The van der Waals surface area contributed by atoms with Gasteiger partial charge in [0.25, 0.3) is 0 Å². The van der Waals surface area contributed by atoms with E-state index in [0.29, 0.717) is 0 Å². The van der Waals surface area contributed by atoms with E-state index in [1.165, 1.54) is 13.8 Å². The van der Waals surface area contributed by atoms with Gasteiger partial charge in [-0.2, -0.15) is 0 Å². The van der Waals surface area contributed by atoms with E-state index >= 15 is 0 Å². The van der Waals surface area contributed by atoms with Crippen molar-refractivity contribution in [2.45, 2.75) is 26.2 Å². The number of carbonyl (C=O) groups is 1. The van der Waals surface area contributed by atoms with Gasteiger partial charge in [0, 0.05) is 12.1 Å². The van der Waals surface area contributed by atoms with Gasteiger partial charge in [-0.25, -0.2) is 22.0 Å². The summed E-state index contributed by atoms with van der Waals surface area (Å²) < 4.78 is 66.9. The molecule has 0 spiro atoms. The van der Waals surface area contributed by atoms with Crippen LogP contribution >= 0.6 is 0 Å². The van der Waals surface area contributed by atoms with Crippen molar-refractivity contribution in [1.29, 1.82) is 0 Å². The van der Waals surface area contributed by atoms with Gasteiger partial charge in [-0.15, -0.1) is 0 Å². The van der Waals surface area contributed by atoms with Crippen LogP contribution in [0.3, 0.4) is 0 Å². The molecule has 3 N–H and O–H groups in total. The third-order valence-corrected chi connectivity index (χ3v) is 3.84. The minimum Gasteiger partial charge on any atom is -0.481 e. The molecule has 0 heterocycles. The minimum atomic E-state index is -2.22. The molecule has 8 heteroatoms. The fourth-order valence-electron chi connectivity index (χ4n) is 2.26. The smallest absolute Gasteiger partial charge is 0.307 e. The number of rotatable bonds is 6. The van der Waals surface area contributed by atoms with Gasteiger partial charge in [-0.3, -0.25) is 4.79 Å². The first-order chi connectivity index (χ1) is 10.1. The highest BCUT2D eigenvalue weighted by atomic mass is 19.2. The molecule has 0 aliphatic heterocycles. The summed E-state index contributed by atoms with van der Waals surface area (Å²) in [5.41, 5.74) is 4.35. The molecule has 0 saturated carbocycles. The zero-order chi connectivity index (χ0) is 17.2. The van der Waals surface area contributed by atoms with Crippen molar-refractivity contribution in [3.8, 4) is 0 Å². The summed E-state index contributed by atoms with van der Waals surface area (Å²) in [5.74, 6) is -13.9. The zero-order valence-electron chi connectivity index (χ0n) is 12.0. The lowest BCUT2D eigenvalue weighted by Crippen LogP contribution is -2.27. The summed E-state index contributed by atoms with van der Waals surface area (Å²) in [6, 6.07) is 0. The Balaban J connectivity index is 3.18. The molecule has 0 aromatic heterocycles. The van der Waals surface area contributed by atoms with Crippen LogP contribution < -0.4 is 5.73 Å². The Hall–Kier alpha value is -1.70. The highest BCUT2D eigenvalue weighted by Crippen LogP contribution is 2.35. The topological polar surface area (TPSA) is 63.3 Å². The molecule has 1 aromatic carbocycles. The minimum absolute atomic E-state index is 0.0491. The number of carboxylic acid groups (broad SMARTS) is 1. The van der Waals surface area contributed by atoms with Gasteiger partial charge in [0.1, 0.15) is 0 Å². The average molecular weight is 325 g/mol. The van der Waals surface area contributed by atoms with Gasteiger partial charge in [-0.05, 0) is 18.3 Å². The fraction of sp³-hybridized carbons (Fsp3) is 0.500. The second-order valence-electron chi connectivity index (χ2n) is 5.26. The summed E-state index contributed by atoms with van der Waals surface area (Å²) in [4.78, 5) is 10.9. The van der Waals surface area contributed by atoms with Crippen LogP contribution in [0.15, 0.2) is 0 Å². The zero-order valence-corrected chi connectivity index (χ0v) is 12.0. The third kappa shape index (κ3) is 3.37. The first-order valence-corrected chi connectivity index (χ1v) is 6.57. The Morgan fingerprint density at radius 1 is 1.00 bits per heavy atom. The number of aliphatic carboxylic acids is 1. The molecular weight excluding hydrogens is 309 g/mol. The van der Waals surface area contributed by atoms with E-state index in [4.69, 9.17) is 10.8 Å². The van der Waals surface area contributed by atoms with Crippen molar-refractivity contribution in [2.24, 2.45) is 17.6 Å². The van der Waals surface area contributed by atoms with Crippen molar-refractivity contribution in [2.75, 3.05) is 6.54 Å². The van der Waals surface area contributed by atoms with Crippen LogP contribution in [0.5, 0.6) is 0 Å². The van der Waals surface area contributed by atoms with Crippen LogP contribution in [0.25, 0.3) is 0 Å². The van der Waals surface area contributed by atoms with Crippen LogP contribution in [0, 0.1) is 40.9 Å². The molecule has 0 aliphatic rings. The van der Waals surface area contributed by atoms with E-state index in [1.54, 1.807) is 0 Å². The van der Waals surface area contributed by atoms with E-state index in [-0.39, 0.29) is 13.0 Å². The van der Waals surface area contributed by atoms with Gasteiger partial charge in [0.05, 0.1) is 5.92 Å². The molecule has 22 heavy (non-hydrogen) atoms. The van der Waals surface area contributed by atoms with E-state index in [9.17, 15) is 26.7 Å². The second kappa shape index (κ2) is 7.04. The van der Waals surface area contributed by atoms with Crippen molar-refractivity contribution in [1.82, 2.24) is 0 Å². The molecule has 124 valence electrons. The summed E-state index contributed by atoms with van der Waals surface area (Å²) in [6.45, 7) is 2.55. The lowest BCUT2D eigenvalue weighted by Gasteiger charge is -2.24. The van der Waals surface area contributed by atoms with Crippen LogP contribution in [-0.2, 0) is 4.79 Å². The Labute approximate surface area is 123 Å². The van der Waals surface area contributed by atoms with Crippen molar-refractivity contribution in [3.05, 3.63) is 34.6 Å². The maximum Gasteiger partial charge on any atom is 0.307 e. The molecule has 0 bridgehead atoms. The molecular formula is C14H16F5NO2. The van der Waals surface area contributed by atoms with E-state index in [0.717, 1.165) is 0 Å². The maximum atomic E-state index is 13.7. The van der Waals surface area contributed by atoms with E-state index < -0.39 is 58.4 Å². The molecule has 0 fully saturated rings. The van der Waals surface area contributed by atoms with Gasteiger partial charge >= 0.3 is 5.97 Å². The average Bonchev–Trinajstić information content (AvgIpc) is 2.47. The van der Waals surface area contributed by atoms with Gasteiger partial charge in [-0.1, -0.05) is 13.8 Å². The predicted octanol–water partition coefficient (Wildman–Crippen LogP) is 3.17. The molecule has 0 aliphatic carbocycles. The fourth-order valence-corrected chi connectivity index (χ4v) is 2.26. The number of carboxylic acids is 1. The predicted molar refractivity (Wildman–Crippen MR) is 68.6 cm³/mol. The monoisotopic (exact) mass is 325 g/mol. The number of hydrogen-bond acceptors (Lipinski definition) is 2. The molecule has 3 unspecified atom stereocenters. The lowest BCUT2D eigenvalue weighted by molar-refractivity contribution is -0.142. The summed E-state index contributed by atoms with van der Waals surface area (Å²) in [5, 5.41) is 8.91. The van der Waals surface area contributed by atoms with E-state index in [1.807, 2.05) is 0 Å². The first kappa shape index (κ1) is 18.3. The van der Waals surface area contributed by atoms with E-state index in [2.05, 4.69) is 0 Å². The standard InChI is InChI=1S/C14H16F5NO2/c1-5(3-7(4-20)14(21)22)6(2)8-9(15)11(17)13(19)12(18)10(8)16/h5-7H,3-4,20H2,1-2H3,(H,21,22). The number of nitrogens with two attached hydrogens (primary N) is 1. The quantitative estimate of drug-likeness (QED) is 0.480. The molecule has 1 rings (SSSR count). The van der Waals surface area contributed by atoms with Gasteiger partial charge < -0.3 is 10.8 Å². The molecule has 3 atom stereocenters. The first-order valence-electron chi connectivity index (χ1n) is 6.57. The molecule has 3 nitrogen and oxygen atoms in total. The highest BCUT2D eigenvalue weighted by Gasteiger charge is 2.32. The molecule has 0 radical (unpaired) electrons. The van der Waals surface area contributed by atoms with Crippen LogP contribution in [0.1, 0.15) is 31.7 Å². The summed E-state index contributed by atoms with van der Waals surface area (Å²) >= 11 is 0. The van der Waals surface area contributed by atoms with Gasteiger partial charge in [0.2, 0.25) is 5.82 Å². The van der Waals surface area contributed by atoms with Crippen molar-refractivity contribution in [3.63, 3.8) is 0 Å². The molecule has 0 saturated heterocycles. The highest BCUT2D eigenvalue weighted by molar-refractivity contribution is 5.70. The summed E-state index contributed by atoms with van der Waals surface area (Å²) in [6.07, 6.45) is -0.0491. The maximum absolute atomic E-state index is 13.7. The Bertz CT molecular complexity index is 550. The SMILES string of the molecule is CC(CC(CN)C(=O)O)C(C)c1c(F)c(F)c(F)c(F)c1F. The number of halogens is 5. The van der Waals surface area contributed by atoms with Crippen molar-refractivity contribution >= 4 is 5.97 Å².